The number of carbonyl (C=O) groups is 1. The average molecular weight is 322 g/mol. The van der Waals surface area contributed by atoms with Gasteiger partial charge in [0.15, 0.2) is 0 Å². The van der Waals surface area contributed by atoms with Crippen molar-refractivity contribution in [1.82, 2.24) is 5.32 Å². The minimum absolute atomic E-state index is 0.141. The van der Waals surface area contributed by atoms with Crippen LogP contribution in [0.2, 0.25) is 0 Å². The molecule has 0 fully saturated rings. The van der Waals surface area contributed by atoms with Crippen molar-refractivity contribution in [2.45, 2.75) is 18.8 Å². The number of benzene rings is 4. The summed E-state index contributed by atoms with van der Waals surface area (Å²) in [7, 11) is 0. The van der Waals surface area contributed by atoms with Crippen LogP contribution in [0.15, 0.2) is 54.6 Å². The molecule has 1 amide bonds. The summed E-state index contributed by atoms with van der Waals surface area (Å²) >= 11 is 5.82. The van der Waals surface area contributed by atoms with Crippen molar-refractivity contribution >= 4 is 49.8 Å². The van der Waals surface area contributed by atoms with Gasteiger partial charge in [-0.1, -0.05) is 54.6 Å². The molecule has 0 radical (unpaired) electrons. The third-order valence-electron chi connectivity index (χ3n) is 4.43. The number of nitrogens with one attached hydrogen (secondary N) is 1. The molecule has 1 unspecified atom stereocenters. The van der Waals surface area contributed by atoms with Gasteiger partial charge in [0.2, 0.25) is 5.91 Å². The van der Waals surface area contributed by atoms with E-state index < -0.39 is 5.38 Å². The van der Waals surface area contributed by atoms with Crippen molar-refractivity contribution in [1.29, 1.82) is 0 Å². The van der Waals surface area contributed by atoms with Crippen LogP contribution in [0, 0.1) is 0 Å². The largest absolute Gasteiger partial charge is 0.351 e. The highest BCUT2D eigenvalue weighted by Crippen LogP contribution is 2.35. The maximum atomic E-state index is 11.7. The van der Waals surface area contributed by atoms with Crippen LogP contribution in [0.4, 0.5) is 0 Å². The lowest BCUT2D eigenvalue weighted by Crippen LogP contribution is -2.29. The zero-order chi connectivity index (χ0) is 16.0. The Balaban J connectivity index is 1.91. The lowest BCUT2D eigenvalue weighted by atomic mass is 9.92. The molecule has 0 saturated heterocycles. The molecule has 4 rings (SSSR count). The highest BCUT2D eigenvalue weighted by atomic mass is 35.5. The minimum atomic E-state index is -0.519. The van der Waals surface area contributed by atoms with Gasteiger partial charge in [0.05, 0.1) is 0 Å². The maximum absolute atomic E-state index is 11.7. The van der Waals surface area contributed by atoms with E-state index in [9.17, 15) is 4.79 Å². The third-order valence-corrected chi connectivity index (χ3v) is 4.63. The Labute approximate surface area is 139 Å². The Morgan fingerprint density at radius 2 is 1.57 bits per heavy atom. The van der Waals surface area contributed by atoms with E-state index in [0.717, 1.165) is 5.56 Å². The molecule has 0 saturated carbocycles. The second kappa shape index (κ2) is 5.39. The van der Waals surface area contributed by atoms with Crippen LogP contribution in [0.1, 0.15) is 12.5 Å². The maximum Gasteiger partial charge on any atom is 0.238 e. The highest BCUT2D eigenvalue weighted by Gasteiger charge is 2.12. The van der Waals surface area contributed by atoms with Crippen molar-refractivity contribution < 1.29 is 4.79 Å². The van der Waals surface area contributed by atoms with Crippen LogP contribution in [0.3, 0.4) is 0 Å². The van der Waals surface area contributed by atoms with Crippen LogP contribution in [0.5, 0.6) is 0 Å². The summed E-state index contributed by atoms with van der Waals surface area (Å²) in [6.07, 6.45) is 0. The van der Waals surface area contributed by atoms with Gasteiger partial charge in [-0.3, -0.25) is 4.79 Å². The summed E-state index contributed by atoms with van der Waals surface area (Å²) in [4.78, 5) is 11.7. The Morgan fingerprint density at radius 3 is 2.26 bits per heavy atom. The Kier molecular flexibility index (Phi) is 3.35. The van der Waals surface area contributed by atoms with Gasteiger partial charge in [0, 0.05) is 6.54 Å². The van der Waals surface area contributed by atoms with Crippen LogP contribution < -0.4 is 5.32 Å². The molecule has 0 heterocycles. The quantitative estimate of drug-likeness (QED) is 0.425. The predicted octanol–water partition coefficient (Wildman–Crippen LogP) is 4.83. The van der Waals surface area contributed by atoms with Gasteiger partial charge in [-0.25, -0.2) is 0 Å². The third kappa shape index (κ3) is 2.30. The van der Waals surface area contributed by atoms with Gasteiger partial charge in [-0.15, -0.1) is 11.6 Å². The first-order chi connectivity index (χ1) is 11.1. The zero-order valence-electron chi connectivity index (χ0n) is 12.8. The second-order valence-electron chi connectivity index (χ2n) is 5.91. The molecule has 1 N–H and O–H groups in total. The van der Waals surface area contributed by atoms with Gasteiger partial charge in [-0.2, -0.15) is 0 Å². The molecule has 4 aromatic carbocycles. The molecule has 114 valence electrons. The Morgan fingerprint density at radius 1 is 0.957 bits per heavy atom. The first-order valence-corrected chi connectivity index (χ1v) is 8.16. The number of rotatable bonds is 3. The lowest BCUT2D eigenvalue weighted by Gasteiger charge is -2.14. The molecule has 2 nitrogen and oxygen atoms in total. The summed E-state index contributed by atoms with van der Waals surface area (Å²) in [5.74, 6) is -0.141. The van der Waals surface area contributed by atoms with Crippen molar-refractivity contribution in [3.05, 3.63) is 60.2 Å². The van der Waals surface area contributed by atoms with Crippen LogP contribution in [-0.4, -0.2) is 11.3 Å². The number of carbonyl (C=O) groups excluding carboxylic acids is 1. The first-order valence-electron chi connectivity index (χ1n) is 7.72. The highest BCUT2D eigenvalue weighted by molar-refractivity contribution is 6.30. The topological polar surface area (TPSA) is 29.1 Å². The van der Waals surface area contributed by atoms with E-state index in [1.54, 1.807) is 6.92 Å². The standard InChI is InChI=1S/C20H16ClNO/c1-12(21)20(23)22-11-16-8-7-15-6-5-13-3-2-4-14-9-10-17(16)19(15)18(13)14/h2-10,12H,11H2,1H3,(H,22,23). The summed E-state index contributed by atoms with van der Waals surface area (Å²) in [6, 6.07) is 19.2. The summed E-state index contributed by atoms with van der Waals surface area (Å²) in [6.45, 7) is 2.17. The van der Waals surface area contributed by atoms with E-state index in [1.165, 1.54) is 32.3 Å². The fraction of sp³-hybridized carbons (Fsp3) is 0.150. The fourth-order valence-electron chi connectivity index (χ4n) is 3.27. The molecule has 0 aliphatic carbocycles. The summed E-state index contributed by atoms with van der Waals surface area (Å²) < 4.78 is 0. The first kappa shape index (κ1) is 14.3. The van der Waals surface area contributed by atoms with Gasteiger partial charge in [-0.05, 0) is 44.8 Å². The van der Waals surface area contributed by atoms with E-state index in [-0.39, 0.29) is 5.91 Å². The van der Waals surface area contributed by atoms with E-state index in [4.69, 9.17) is 11.6 Å². The van der Waals surface area contributed by atoms with E-state index in [2.05, 4.69) is 59.9 Å². The normalized spacial score (nSPS) is 13.0. The van der Waals surface area contributed by atoms with Crippen LogP contribution >= 0.6 is 11.6 Å². The molecule has 4 aromatic rings. The zero-order valence-corrected chi connectivity index (χ0v) is 13.5. The number of halogens is 1. The van der Waals surface area contributed by atoms with Crippen molar-refractivity contribution in [3.8, 4) is 0 Å². The van der Waals surface area contributed by atoms with Gasteiger partial charge < -0.3 is 5.32 Å². The average Bonchev–Trinajstić information content (AvgIpc) is 2.58. The molecule has 23 heavy (non-hydrogen) atoms. The summed E-state index contributed by atoms with van der Waals surface area (Å²) in [5, 5.41) is 9.85. The molecule has 0 spiro atoms. The number of hydrogen-bond acceptors (Lipinski definition) is 1. The van der Waals surface area contributed by atoms with Crippen molar-refractivity contribution in [3.63, 3.8) is 0 Å². The SMILES string of the molecule is CC(Cl)C(=O)NCc1ccc2ccc3cccc4ccc1c2c34. The van der Waals surface area contributed by atoms with Gasteiger partial charge >= 0.3 is 0 Å². The van der Waals surface area contributed by atoms with E-state index in [1.807, 2.05) is 0 Å². The van der Waals surface area contributed by atoms with Gasteiger partial charge in [0.1, 0.15) is 5.38 Å². The molecule has 0 aliphatic rings. The molecule has 0 aromatic heterocycles. The lowest BCUT2D eigenvalue weighted by molar-refractivity contribution is -0.120. The number of amides is 1. The van der Waals surface area contributed by atoms with E-state index in [0.29, 0.717) is 6.54 Å². The second-order valence-corrected chi connectivity index (χ2v) is 6.57. The fourth-order valence-corrected chi connectivity index (χ4v) is 3.35. The predicted molar refractivity (Wildman–Crippen MR) is 97.3 cm³/mol. The monoisotopic (exact) mass is 321 g/mol. The van der Waals surface area contributed by atoms with Crippen LogP contribution in [-0.2, 0) is 11.3 Å². The Bertz CT molecular complexity index is 1010. The Hall–Kier alpha value is -2.32. The molecular weight excluding hydrogens is 306 g/mol. The number of alkyl halides is 1. The van der Waals surface area contributed by atoms with Crippen molar-refractivity contribution in [2.24, 2.45) is 0 Å². The van der Waals surface area contributed by atoms with Gasteiger partial charge in [0.25, 0.3) is 0 Å². The van der Waals surface area contributed by atoms with E-state index >= 15 is 0 Å². The molecule has 3 heteroatoms. The van der Waals surface area contributed by atoms with Crippen LogP contribution in [0.25, 0.3) is 32.3 Å². The molecular formula is C20H16ClNO. The van der Waals surface area contributed by atoms with Crippen molar-refractivity contribution in [2.75, 3.05) is 0 Å². The smallest absolute Gasteiger partial charge is 0.238 e. The molecule has 0 aliphatic heterocycles. The summed E-state index contributed by atoms with van der Waals surface area (Å²) in [5.41, 5.74) is 1.11. The minimum Gasteiger partial charge on any atom is -0.351 e. The molecule has 1 atom stereocenters. The molecule has 0 bridgehead atoms. The number of hydrogen-bond donors (Lipinski definition) is 1.